The first-order chi connectivity index (χ1) is 32.1. The molecule has 0 saturated carbocycles. The average molecular weight is 971 g/mol. The van der Waals surface area contributed by atoms with E-state index in [4.69, 9.17) is 22.3 Å². The molecule has 25 heteroatoms. The lowest BCUT2D eigenvalue weighted by molar-refractivity contribution is -0.138. The summed E-state index contributed by atoms with van der Waals surface area (Å²) in [4.78, 5) is 134. The molecule has 0 radical (unpaired) electrons. The van der Waals surface area contributed by atoms with Crippen LogP contribution in [0.1, 0.15) is 90.3 Å². The molecule has 2 rings (SSSR count). The molecular weight excluding hydrogens is 893 g/mol. The minimum atomic E-state index is -1.69. The molecule has 17 N–H and O–H groups in total. The van der Waals surface area contributed by atoms with Crippen molar-refractivity contribution in [3.63, 3.8) is 0 Å². The summed E-state index contributed by atoms with van der Waals surface area (Å²) in [5, 5.41) is 49.6. The Bertz CT molecular complexity index is 1900. The summed E-state index contributed by atoms with van der Waals surface area (Å²) in [6.07, 6.45) is -4.20. The topological polar surface area (TPSA) is 418 Å². The maximum Gasteiger partial charge on any atom is 0.303 e. The molecule has 1 fully saturated rings. The molecule has 68 heavy (non-hydrogen) atoms. The van der Waals surface area contributed by atoms with Crippen LogP contribution >= 0.6 is 0 Å². The third-order valence-electron chi connectivity index (χ3n) is 9.97. The van der Waals surface area contributed by atoms with Gasteiger partial charge >= 0.3 is 5.97 Å². The van der Waals surface area contributed by atoms with Crippen LogP contribution in [0.3, 0.4) is 0 Å². The molecule has 0 aliphatic carbocycles. The Hall–Kier alpha value is -6.57. The fourth-order valence-corrected chi connectivity index (χ4v) is 6.48. The number of rotatable bonds is 20. The normalized spacial score (nSPS) is 21.0. The number of guanidine groups is 1. The molecule has 1 aliphatic heterocycles. The highest BCUT2D eigenvalue weighted by Gasteiger charge is 2.34. The highest BCUT2D eigenvalue weighted by molar-refractivity contribution is 5.97. The standard InChI is InChI=1S/C41H63N11O13.C2H7N.4H2/c1-22(53)34(23(2)54)52-39(64)28-12-7-11-27(47-31(57)20-44-18-16-26(56)14-15-33(59)60)37(62)48-29(13-8-17-45-41(42)43)38(63)50-30(19-25-9-5-4-6-10-25)36(61)46-21-32(58)51-35(24(3)55)40(65)49-28;1-2-3;;;;/h4-6,9-10,22,24,27-30,34-35,44,53,55H,7-8,11-21H2,1-3H3,(H,46,61)(H,47,57)(H,48,62)(H,49,65)(H,50,63)(H,51,58)(H,52,64)(H,59,60)(H4,42,43,45);2-3H2,1H3;4*1H. The fraction of sp³-hybridized carbons (Fsp3) is 0.605. The van der Waals surface area contributed by atoms with Gasteiger partial charge in [-0.1, -0.05) is 37.3 Å². The first kappa shape index (κ1) is 59.4. The van der Waals surface area contributed by atoms with Crippen molar-refractivity contribution < 1.29 is 69.0 Å². The number of carbonyl (C=O) groups is 10. The predicted octanol–water partition coefficient (Wildman–Crippen LogP) is -3.80. The van der Waals surface area contributed by atoms with Crippen molar-refractivity contribution in [1.29, 1.82) is 0 Å². The molecule has 0 spiro atoms. The first-order valence-corrected chi connectivity index (χ1v) is 22.3. The summed E-state index contributed by atoms with van der Waals surface area (Å²) < 4.78 is 0. The number of ketones is 2. The zero-order chi connectivity index (χ0) is 51.3. The second kappa shape index (κ2) is 32.2. The Morgan fingerprint density at radius 2 is 1.51 bits per heavy atom. The van der Waals surface area contributed by atoms with Crippen molar-refractivity contribution >= 4 is 64.8 Å². The van der Waals surface area contributed by atoms with Gasteiger partial charge in [-0.3, -0.25) is 52.9 Å². The Kier molecular flexibility index (Phi) is 28.1. The number of carbonyl (C=O) groups excluding carboxylic acids is 9. The van der Waals surface area contributed by atoms with Crippen LogP contribution in [0.5, 0.6) is 0 Å². The van der Waals surface area contributed by atoms with Crippen molar-refractivity contribution in [3.8, 4) is 0 Å². The number of benzene rings is 1. The zero-order valence-corrected chi connectivity index (χ0v) is 39.0. The van der Waals surface area contributed by atoms with E-state index in [1.807, 2.05) is 6.92 Å². The molecule has 25 nitrogen and oxygen atoms in total. The van der Waals surface area contributed by atoms with Gasteiger partial charge in [-0.15, -0.1) is 0 Å². The van der Waals surface area contributed by atoms with Crippen molar-refractivity contribution in [3.05, 3.63) is 35.9 Å². The Labute approximate surface area is 400 Å². The minimum Gasteiger partial charge on any atom is -0.481 e. The van der Waals surface area contributed by atoms with E-state index in [2.05, 4.69) is 47.5 Å². The summed E-state index contributed by atoms with van der Waals surface area (Å²) >= 11 is 0. The van der Waals surface area contributed by atoms with Gasteiger partial charge in [0.15, 0.2) is 11.7 Å². The molecule has 1 aliphatic rings. The first-order valence-electron chi connectivity index (χ1n) is 22.3. The number of aliphatic imine (C=N–C) groups is 1. The number of Topliss-reactive ketones (excluding diaryl/α,β-unsaturated/α-hetero) is 2. The van der Waals surface area contributed by atoms with Gasteiger partial charge in [-0.2, -0.15) is 0 Å². The van der Waals surface area contributed by atoms with Gasteiger partial charge in [-0.05, 0) is 65.0 Å². The quantitative estimate of drug-likeness (QED) is 0.0339. The number of aliphatic hydroxyl groups excluding tert-OH is 2. The third kappa shape index (κ3) is 24.3. The number of carboxylic acid groups (broad SMARTS) is 1. The average Bonchev–Trinajstić information content (AvgIpc) is 3.26. The van der Waals surface area contributed by atoms with E-state index in [0.29, 0.717) is 5.56 Å². The van der Waals surface area contributed by atoms with E-state index in [0.717, 1.165) is 13.5 Å². The smallest absolute Gasteiger partial charge is 0.303 e. The van der Waals surface area contributed by atoms with Gasteiger partial charge in [0.2, 0.25) is 41.4 Å². The number of amides is 7. The van der Waals surface area contributed by atoms with Crippen LogP contribution < -0.4 is 59.7 Å². The second-order valence-corrected chi connectivity index (χ2v) is 16.0. The maximum atomic E-state index is 14.1. The number of hydrogen-bond donors (Lipinski definition) is 14. The van der Waals surface area contributed by atoms with Crippen molar-refractivity contribution in [2.75, 3.05) is 32.7 Å². The van der Waals surface area contributed by atoms with Crippen LogP contribution in [0, 0.1) is 0 Å². The summed E-state index contributed by atoms with van der Waals surface area (Å²) in [5.74, 6) is -8.59. The summed E-state index contributed by atoms with van der Waals surface area (Å²) in [6, 6.07) is -0.190. The van der Waals surface area contributed by atoms with E-state index < -0.39 is 115 Å². The number of hydrogen-bond acceptors (Lipinski definition) is 15. The Morgan fingerprint density at radius 3 is 2.10 bits per heavy atom. The molecule has 8 unspecified atom stereocenters. The van der Waals surface area contributed by atoms with Gasteiger partial charge in [0.1, 0.15) is 42.0 Å². The van der Waals surface area contributed by atoms with Crippen LogP contribution in [0.2, 0.25) is 0 Å². The second-order valence-electron chi connectivity index (χ2n) is 16.0. The SMILES string of the molecule is CC(=O)C(NC(=O)C1CCCC(NC(=O)CNCCC(=O)CCC(=O)O)C(=O)NC(CCCN=C(N)N)C(=O)NC(Cc2ccccc2)C(=O)NCC(=O)NC(C(C)O)C(=O)N1)C(C)O.CCN.[HH].[HH].[HH].[HH]. The maximum absolute atomic E-state index is 14.1. The van der Waals surface area contributed by atoms with Crippen LogP contribution in [0.4, 0.5) is 0 Å². The highest BCUT2D eigenvalue weighted by atomic mass is 16.4. The molecular formula is C43H78N12O13. The number of carboxylic acids is 1. The number of aliphatic carboxylic acids is 1. The van der Waals surface area contributed by atoms with E-state index in [1.165, 1.54) is 13.8 Å². The van der Waals surface area contributed by atoms with Crippen LogP contribution in [-0.2, 0) is 54.4 Å². The molecule has 7 amide bonds. The molecule has 388 valence electrons. The number of nitrogens with one attached hydrogen (secondary N) is 8. The van der Waals surface area contributed by atoms with Gasteiger partial charge in [0.05, 0.1) is 31.7 Å². The lowest BCUT2D eigenvalue weighted by Crippen LogP contribution is -2.60. The molecule has 8 atom stereocenters. The van der Waals surface area contributed by atoms with Crippen LogP contribution in [-0.4, -0.2) is 161 Å². The van der Waals surface area contributed by atoms with Crippen molar-refractivity contribution in [2.45, 2.75) is 134 Å². The van der Waals surface area contributed by atoms with E-state index >= 15 is 0 Å². The minimum absolute atomic E-state index is 0. The largest absolute Gasteiger partial charge is 0.481 e. The van der Waals surface area contributed by atoms with Crippen molar-refractivity contribution in [1.82, 2.24) is 42.5 Å². The van der Waals surface area contributed by atoms with Gasteiger partial charge in [-0.25, -0.2) is 0 Å². The predicted molar refractivity (Wildman–Crippen MR) is 255 cm³/mol. The van der Waals surface area contributed by atoms with E-state index in [9.17, 15) is 58.2 Å². The fourth-order valence-electron chi connectivity index (χ4n) is 6.48. The summed E-state index contributed by atoms with van der Waals surface area (Å²) in [7, 11) is 0. The molecule has 1 aromatic carbocycles. The van der Waals surface area contributed by atoms with Gasteiger partial charge < -0.3 is 75.1 Å². The lowest BCUT2D eigenvalue weighted by atomic mass is 10.0. The van der Waals surface area contributed by atoms with Crippen molar-refractivity contribution in [2.24, 2.45) is 22.2 Å². The Balaban J connectivity index is -0.00000322. The Morgan fingerprint density at radius 1 is 0.868 bits per heavy atom. The molecule has 0 aromatic heterocycles. The van der Waals surface area contributed by atoms with Crippen LogP contribution in [0.15, 0.2) is 35.3 Å². The number of aliphatic hydroxyl groups is 2. The molecule has 0 bridgehead atoms. The van der Waals surface area contributed by atoms with Crippen LogP contribution in [0.25, 0.3) is 0 Å². The highest BCUT2D eigenvalue weighted by Crippen LogP contribution is 2.11. The van der Waals surface area contributed by atoms with Gasteiger partial charge in [0.25, 0.3) is 0 Å². The number of nitrogens with zero attached hydrogens (tertiary/aromatic N) is 1. The third-order valence-corrected chi connectivity index (χ3v) is 9.97. The molecule has 1 saturated heterocycles. The van der Waals surface area contributed by atoms with E-state index in [1.54, 1.807) is 30.3 Å². The number of nitrogens with two attached hydrogens (primary N) is 3. The lowest BCUT2D eigenvalue weighted by Gasteiger charge is -2.27. The van der Waals surface area contributed by atoms with Gasteiger partial charge in [0, 0.05) is 38.1 Å². The monoisotopic (exact) mass is 971 g/mol. The summed E-state index contributed by atoms with van der Waals surface area (Å²) in [5.41, 5.74) is 16.4. The zero-order valence-electron chi connectivity index (χ0n) is 39.0. The van der Waals surface area contributed by atoms with E-state index in [-0.39, 0.29) is 88.3 Å². The molecule has 1 aromatic rings. The molecule has 1 heterocycles. The summed E-state index contributed by atoms with van der Waals surface area (Å²) in [6.45, 7) is 5.11.